The summed E-state index contributed by atoms with van der Waals surface area (Å²) in [7, 11) is 0. The third-order valence-electron chi connectivity index (χ3n) is 3.69. The number of rotatable bonds is 3. The maximum atomic E-state index is 12.6. The lowest BCUT2D eigenvalue weighted by atomic mass is 9.68. The van der Waals surface area contributed by atoms with Gasteiger partial charge in [-0.15, -0.1) is 0 Å². The fraction of sp³-hybridized carbons (Fsp3) is 0.312. The second-order valence-electron chi connectivity index (χ2n) is 4.96. The number of aryl methyl sites for hydroxylation is 1. The molecule has 1 aromatic carbocycles. The van der Waals surface area contributed by atoms with Crippen molar-refractivity contribution in [3.05, 3.63) is 47.5 Å². The maximum Gasteiger partial charge on any atom is 0.180 e. The number of hydrogen-bond donors (Lipinski definition) is 0. The zero-order chi connectivity index (χ0) is 14.0. The predicted molar refractivity (Wildman–Crippen MR) is 72.0 cm³/mol. The van der Waals surface area contributed by atoms with E-state index in [4.69, 9.17) is 0 Å². The van der Waals surface area contributed by atoms with Crippen molar-refractivity contribution in [3.63, 3.8) is 0 Å². The first-order chi connectivity index (χ1) is 8.97. The molecule has 0 bridgehead atoms. The molecule has 1 aliphatic carbocycles. The van der Waals surface area contributed by atoms with Crippen LogP contribution in [0.1, 0.15) is 36.2 Å². The predicted octanol–water partition coefficient (Wildman–Crippen LogP) is 2.54. The van der Waals surface area contributed by atoms with E-state index in [1.165, 1.54) is 26.0 Å². The lowest BCUT2D eigenvalue weighted by Gasteiger charge is -2.31. The molecule has 19 heavy (non-hydrogen) atoms. The zero-order valence-electron chi connectivity index (χ0n) is 11.1. The van der Waals surface area contributed by atoms with Crippen molar-refractivity contribution < 1.29 is 14.4 Å². The number of carbonyl (C=O) groups excluding carboxylic acids is 3. The highest BCUT2D eigenvalue weighted by Gasteiger charge is 2.44. The van der Waals surface area contributed by atoms with Crippen molar-refractivity contribution in [2.45, 2.75) is 26.7 Å². The third-order valence-corrected chi connectivity index (χ3v) is 3.69. The lowest BCUT2D eigenvalue weighted by molar-refractivity contribution is -0.122. The number of benzene rings is 1. The largest absolute Gasteiger partial charge is 0.299 e. The summed E-state index contributed by atoms with van der Waals surface area (Å²) in [5.41, 5.74) is 0.401. The fourth-order valence-corrected chi connectivity index (χ4v) is 2.52. The Balaban J connectivity index is 2.51. The molecule has 0 saturated heterocycles. The first-order valence-corrected chi connectivity index (χ1v) is 6.31. The van der Waals surface area contributed by atoms with Gasteiger partial charge in [0, 0.05) is 5.56 Å². The van der Waals surface area contributed by atoms with Gasteiger partial charge in [-0.3, -0.25) is 14.4 Å². The van der Waals surface area contributed by atoms with Crippen LogP contribution in [0.2, 0.25) is 0 Å². The summed E-state index contributed by atoms with van der Waals surface area (Å²) in [5.74, 6) is -0.559. The summed E-state index contributed by atoms with van der Waals surface area (Å²) >= 11 is 0. The molecule has 0 saturated carbocycles. The Morgan fingerprint density at radius 2 is 1.89 bits per heavy atom. The van der Waals surface area contributed by atoms with Crippen LogP contribution in [-0.2, 0) is 16.0 Å². The number of hydrogen-bond acceptors (Lipinski definition) is 3. The Hall–Kier alpha value is -2.03. The third kappa shape index (κ3) is 2.28. The minimum Gasteiger partial charge on any atom is -0.299 e. The van der Waals surface area contributed by atoms with Gasteiger partial charge in [0.2, 0.25) is 0 Å². The summed E-state index contributed by atoms with van der Waals surface area (Å²) < 4.78 is 0. The molecule has 0 fully saturated rings. The molecule has 2 rings (SSSR count). The van der Waals surface area contributed by atoms with Gasteiger partial charge in [-0.25, -0.2) is 0 Å². The first-order valence-electron chi connectivity index (χ1n) is 6.31. The Morgan fingerprint density at radius 1 is 1.21 bits per heavy atom. The number of ketones is 3. The Morgan fingerprint density at radius 3 is 2.53 bits per heavy atom. The Labute approximate surface area is 112 Å². The van der Waals surface area contributed by atoms with E-state index < -0.39 is 5.41 Å². The molecule has 1 aromatic rings. The van der Waals surface area contributed by atoms with Gasteiger partial charge >= 0.3 is 0 Å². The van der Waals surface area contributed by atoms with Gasteiger partial charge in [-0.05, 0) is 38.3 Å². The van der Waals surface area contributed by atoms with Gasteiger partial charge in [0.15, 0.2) is 11.6 Å². The molecule has 0 aliphatic heterocycles. The fourth-order valence-electron chi connectivity index (χ4n) is 2.52. The summed E-state index contributed by atoms with van der Waals surface area (Å²) in [4.78, 5) is 35.7. The van der Waals surface area contributed by atoms with E-state index >= 15 is 0 Å². The van der Waals surface area contributed by atoms with Crippen LogP contribution in [0.5, 0.6) is 0 Å². The minimum atomic E-state index is -1.17. The van der Waals surface area contributed by atoms with E-state index in [0.717, 1.165) is 5.56 Å². The molecule has 3 nitrogen and oxygen atoms in total. The van der Waals surface area contributed by atoms with Crippen LogP contribution in [-0.4, -0.2) is 17.3 Å². The van der Waals surface area contributed by atoms with Crippen molar-refractivity contribution in [2.75, 3.05) is 0 Å². The zero-order valence-corrected chi connectivity index (χ0v) is 11.1. The van der Waals surface area contributed by atoms with E-state index in [9.17, 15) is 14.4 Å². The average Bonchev–Trinajstić information content (AvgIpc) is 2.38. The van der Waals surface area contributed by atoms with E-state index in [2.05, 4.69) is 0 Å². The van der Waals surface area contributed by atoms with Gasteiger partial charge < -0.3 is 0 Å². The van der Waals surface area contributed by atoms with Crippen LogP contribution in [0.3, 0.4) is 0 Å². The van der Waals surface area contributed by atoms with Crippen LogP contribution in [0, 0.1) is 5.41 Å². The quantitative estimate of drug-likeness (QED) is 0.617. The second kappa shape index (κ2) is 4.92. The van der Waals surface area contributed by atoms with Crippen molar-refractivity contribution in [3.8, 4) is 0 Å². The molecule has 0 amide bonds. The van der Waals surface area contributed by atoms with Crippen LogP contribution in [0.25, 0.3) is 0 Å². The van der Waals surface area contributed by atoms with Gasteiger partial charge in [-0.2, -0.15) is 0 Å². The lowest BCUT2D eigenvalue weighted by Crippen LogP contribution is -2.40. The Bertz CT molecular complexity index is 583. The molecule has 98 valence electrons. The highest BCUT2D eigenvalue weighted by atomic mass is 16.2. The van der Waals surface area contributed by atoms with Gasteiger partial charge in [0.25, 0.3) is 0 Å². The van der Waals surface area contributed by atoms with Gasteiger partial charge in [0.1, 0.15) is 11.2 Å². The van der Waals surface area contributed by atoms with Crippen LogP contribution >= 0.6 is 0 Å². The molecule has 1 aliphatic rings. The molecular weight excluding hydrogens is 240 g/mol. The normalized spacial score (nSPS) is 22.3. The summed E-state index contributed by atoms with van der Waals surface area (Å²) in [6, 6.07) is 7.34. The Kier molecular flexibility index (Phi) is 3.47. The molecule has 0 N–H and O–H groups in total. The molecule has 3 heteroatoms. The smallest absolute Gasteiger partial charge is 0.180 e. The number of allylic oxidation sites excluding steroid dienone is 2. The van der Waals surface area contributed by atoms with Crippen LogP contribution < -0.4 is 0 Å². The summed E-state index contributed by atoms with van der Waals surface area (Å²) in [5, 5.41) is 0. The maximum absolute atomic E-state index is 12.6. The summed E-state index contributed by atoms with van der Waals surface area (Å²) in [6.45, 7) is 2.82. The van der Waals surface area contributed by atoms with Gasteiger partial charge in [-0.1, -0.05) is 30.3 Å². The van der Waals surface area contributed by atoms with Gasteiger partial charge in [0.05, 0.1) is 0 Å². The highest BCUT2D eigenvalue weighted by Crippen LogP contribution is 2.37. The monoisotopic (exact) mass is 256 g/mol. The van der Waals surface area contributed by atoms with Crippen molar-refractivity contribution in [1.82, 2.24) is 0 Å². The first kappa shape index (κ1) is 13.4. The second-order valence-corrected chi connectivity index (χ2v) is 4.96. The standard InChI is InChI=1S/C16H16O3/c1-11(17)7-9-16(12(2)18)10-8-13-5-3-4-6-14(13)15(16)19/h3-7,9H,8,10H2,1-2H3/b9-7+/t16-/m1/s1. The van der Waals surface area contributed by atoms with Crippen LogP contribution in [0.4, 0.5) is 0 Å². The molecule has 0 spiro atoms. The molecule has 0 heterocycles. The van der Waals surface area contributed by atoms with Crippen molar-refractivity contribution >= 4 is 17.3 Å². The number of Topliss-reactive ketones (excluding diaryl/α,β-unsaturated/α-hetero) is 2. The van der Waals surface area contributed by atoms with E-state index in [1.54, 1.807) is 12.1 Å². The molecule has 0 aromatic heterocycles. The number of fused-ring (bicyclic) bond motifs is 1. The molecule has 1 atom stereocenters. The van der Waals surface area contributed by atoms with E-state index in [0.29, 0.717) is 18.4 Å². The SMILES string of the molecule is CC(=O)/C=C/[C@]1(C(C)=O)CCc2ccccc2C1=O. The number of carbonyl (C=O) groups is 3. The summed E-state index contributed by atoms with van der Waals surface area (Å²) in [6.07, 6.45) is 3.91. The van der Waals surface area contributed by atoms with Crippen molar-refractivity contribution in [2.24, 2.45) is 5.41 Å². The van der Waals surface area contributed by atoms with E-state index in [1.807, 2.05) is 12.1 Å². The van der Waals surface area contributed by atoms with Crippen LogP contribution in [0.15, 0.2) is 36.4 Å². The molecule has 0 unspecified atom stereocenters. The average molecular weight is 256 g/mol. The topological polar surface area (TPSA) is 51.2 Å². The molecule has 0 radical (unpaired) electrons. The minimum absolute atomic E-state index is 0.160. The van der Waals surface area contributed by atoms with E-state index in [-0.39, 0.29) is 17.3 Å². The highest BCUT2D eigenvalue weighted by molar-refractivity contribution is 6.17. The molecular formula is C16H16O3. The van der Waals surface area contributed by atoms with Crippen molar-refractivity contribution in [1.29, 1.82) is 0 Å².